The first kappa shape index (κ1) is 29.9. The summed E-state index contributed by atoms with van der Waals surface area (Å²) in [6.07, 6.45) is 6.95. The number of aliphatic hydroxyl groups is 1. The number of carbonyl (C=O) groups excluding carboxylic acids is 1. The van der Waals surface area contributed by atoms with Crippen LogP contribution in [0.4, 0.5) is 0 Å². The van der Waals surface area contributed by atoms with Crippen LogP contribution in [0, 0.1) is 0 Å². The molecule has 1 fully saturated rings. The number of benzene rings is 2. The van der Waals surface area contributed by atoms with Gasteiger partial charge in [-0.25, -0.2) is 9.94 Å². The van der Waals surface area contributed by atoms with Gasteiger partial charge in [-0.2, -0.15) is 15.2 Å². The zero-order valence-electron chi connectivity index (χ0n) is 25.6. The lowest BCUT2D eigenvalue weighted by molar-refractivity contribution is -0.119. The highest BCUT2D eigenvalue weighted by Gasteiger charge is 2.29. The summed E-state index contributed by atoms with van der Waals surface area (Å²) in [6.45, 7) is 5.88. The number of aromatic nitrogens is 4. The topological polar surface area (TPSA) is 123 Å². The van der Waals surface area contributed by atoms with Crippen molar-refractivity contribution in [2.75, 3.05) is 6.61 Å². The molecule has 2 aromatic heterocycles. The molecule has 1 aliphatic carbocycles. The largest absolute Gasteiger partial charge is 0.388 e. The summed E-state index contributed by atoms with van der Waals surface area (Å²) >= 11 is 0. The summed E-state index contributed by atoms with van der Waals surface area (Å²) in [5, 5.41) is 19.0. The Morgan fingerprint density at radius 2 is 1.82 bits per heavy atom. The minimum absolute atomic E-state index is 0.0217. The van der Waals surface area contributed by atoms with Crippen LogP contribution in [0.15, 0.2) is 64.8 Å². The van der Waals surface area contributed by atoms with Crippen LogP contribution in [0.25, 0.3) is 16.9 Å². The molecular formula is C34H40N6O4. The molecule has 0 spiro atoms. The molecule has 1 saturated carbocycles. The smallest absolute Gasteiger partial charge is 0.259 e. The zero-order valence-corrected chi connectivity index (χ0v) is 25.6. The van der Waals surface area contributed by atoms with Crippen LogP contribution in [-0.4, -0.2) is 54.2 Å². The van der Waals surface area contributed by atoms with Gasteiger partial charge in [-0.05, 0) is 68.7 Å². The molecule has 1 amide bonds. The van der Waals surface area contributed by atoms with E-state index in [2.05, 4.69) is 45.7 Å². The van der Waals surface area contributed by atoms with Crippen molar-refractivity contribution in [3.8, 4) is 11.1 Å². The maximum atomic E-state index is 14.4. The summed E-state index contributed by atoms with van der Waals surface area (Å²) in [4.78, 5) is 31.1. The van der Waals surface area contributed by atoms with Gasteiger partial charge < -0.3 is 9.84 Å². The molecule has 10 nitrogen and oxygen atoms in total. The Hall–Kier alpha value is -4.15. The van der Waals surface area contributed by atoms with Gasteiger partial charge in [0.1, 0.15) is 6.33 Å². The maximum absolute atomic E-state index is 14.4. The second-order valence-corrected chi connectivity index (χ2v) is 12.6. The van der Waals surface area contributed by atoms with E-state index in [-0.39, 0.29) is 36.6 Å². The zero-order chi connectivity index (χ0) is 30.8. The van der Waals surface area contributed by atoms with Crippen molar-refractivity contribution in [1.82, 2.24) is 24.6 Å². The molecule has 0 bridgehead atoms. The van der Waals surface area contributed by atoms with E-state index in [0.717, 1.165) is 60.1 Å². The molecule has 3 heterocycles. The Morgan fingerprint density at radius 3 is 2.50 bits per heavy atom. The maximum Gasteiger partial charge on any atom is 0.259 e. The van der Waals surface area contributed by atoms with E-state index < -0.39 is 5.60 Å². The van der Waals surface area contributed by atoms with E-state index in [1.165, 1.54) is 6.33 Å². The van der Waals surface area contributed by atoms with E-state index in [1.54, 1.807) is 13.8 Å². The van der Waals surface area contributed by atoms with Gasteiger partial charge in [-0.1, -0.05) is 55.8 Å². The van der Waals surface area contributed by atoms with Gasteiger partial charge in [-0.3, -0.25) is 14.2 Å². The first-order chi connectivity index (χ1) is 21.2. The quantitative estimate of drug-likeness (QED) is 0.276. The van der Waals surface area contributed by atoms with Gasteiger partial charge in [-0.15, -0.1) is 0 Å². The minimum Gasteiger partial charge on any atom is -0.388 e. The molecule has 0 radical (unpaired) electrons. The highest BCUT2D eigenvalue weighted by molar-refractivity contribution is 6.16. The molecule has 1 aliphatic heterocycles. The molecule has 0 atom stereocenters. The predicted octanol–water partition coefficient (Wildman–Crippen LogP) is 4.60. The third kappa shape index (κ3) is 6.23. The second-order valence-electron chi connectivity index (χ2n) is 12.6. The number of ether oxygens (including phenoxy) is 1. The third-order valence-corrected chi connectivity index (χ3v) is 8.50. The first-order valence-electron chi connectivity index (χ1n) is 15.6. The Kier molecular flexibility index (Phi) is 8.46. The molecule has 2 aromatic carbocycles. The Balaban J connectivity index is 1.37. The van der Waals surface area contributed by atoms with Crippen LogP contribution in [0.3, 0.4) is 0 Å². The number of rotatable bonds is 10. The standard InChI is InChI=1S/C34H40N6O4/c1-4-8-30-28(18-22-11-16-26(23-9-6-5-7-10-23)27(17-22)29-19-31(41)38-37-29)32(42)39(33-35-21-36-40(30)33)24-12-14-25(15-13-24)44-20-34(2,3)43/h5-7,9-11,16-17,21,24-25,43H,4,8,12-15,18-20H2,1-3H3,(H,38,41). The number of hydrogen-bond acceptors (Lipinski definition) is 7. The first-order valence-corrected chi connectivity index (χ1v) is 15.6. The monoisotopic (exact) mass is 596 g/mol. The van der Waals surface area contributed by atoms with Gasteiger partial charge in [0, 0.05) is 23.6 Å². The molecule has 0 unspecified atom stereocenters. The van der Waals surface area contributed by atoms with Gasteiger partial charge >= 0.3 is 0 Å². The van der Waals surface area contributed by atoms with Gasteiger partial charge in [0.15, 0.2) is 0 Å². The normalized spacial score (nSPS) is 18.9. The van der Waals surface area contributed by atoms with Gasteiger partial charge in [0.05, 0.1) is 36.1 Å². The average molecular weight is 597 g/mol. The highest BCUT2D eigenvalue weighted by Crippen LogP contribution is 2.32. The fraction of sp³-hybridized carbons (Fsp3) is 0.441. The molecule has 2 N–H and O–H groups in total. The van der Waals surface area contributed by atoms with Crippen molar-refractivity contribution in [3.05, 3.63) is 87.6 Å². The predicted molar refractivity (Wildman–Crippen MR) is 169 cm³/mol. The molecule has 4 aromatic rings. The fourth-order valence-electron chi connectivity index (χ4n) is 6.40. The molecule has 6 rings (SSSR count). The summed E-state index contributed by atoms with van der Waals surface area (Å²) in [5.41, 5.74) is 7.85. The number of nitrogens with zero attached hydrogens (tertiary/aromatic N) is 5. The highest BCUT2D eigenvalue weighted by atomic mass is 16.5. The summed E-state index contributed by atoms with van der Waals surface area (Å²) in [7, 11) is 0. The van der Waals surface area contributed by atoms with Crippen LogP contribution in [0.1, 0.15) is 87.7 Å². The Labute approximate surface area is 256 Å². The van der Waals surface area contributed by atoms with Crippen LogP contribution in [0.5, 0.6) is 0 Å². The van der Waals surface area contributed by atoms with E-state index in [9.17, 15) is 14.7 Å². The molecule has 10 heteroatoms. The molecular weight excluding hydrogens is 556 g/mol. The van der Waals surface area contributed by atoms with Crippen LogP contribution < -0.4 is 11.0 Å². The number of hydrogen-bond donors (Lipinski definition) is 2. The number of amides is 1. The SMILES string of the molecule is CCCc1c(Cc2ccc(-c3ccccc3)c(C3=NNC(=O)C3)c2)c(=O)n(C2CCC(OCC(C)(C)O)CC2)c2ncnn12. The molecule has 2 aliphatic rings. The summed E-state index contributed by atoms with van der Waals surface area (Å²) in [5.74, 6) is 0.447. The number of aryl methyl sites for hydroxylation is 1. The van der Waals surface area contributed by atoms with Crippen LogP contribution >= 0.6 is 0 Å². The van der Waals surface area contributed by atoms with Crippen molar-refractivity contribution in [2.45, 2.75) is 89.9 Å². The summed E-state index contributed by atoms with van der Waals surface area (Å²) < 4.78 is 9.67. The van der Waals surface area contributed by atoms with Crippen molar-refractivity contribution in [1.29, 1.82) is 0 Å². The molecule has 0 saturated heterocycles. The van der Waals surface area contributed by atoms with E-state index in [1.807, 2.05) is 39.4 Å². The number of carbonyl (C=O) groups is 1. The lowest BCUT2D eigenvalue weighted by atomic mass is 9.91. The third-order valence-electron chi connectivity index (χ3n) is 8.50. The number of hydrazone groups is 1. The van der Waals surface area contributed by atoms with E-state index in [4.69, 9.17) is 4.74 Å². The lowest BCUT2D eigenvalue weighted by Crippen LogP contribution is -2.36. The van der Waals surface area contributed by atoms with E-state index in [0.29, 0.717) is 29.9 Å². The lowest BCUT2D eigenvalue weighted by Gasteiger charge is -2.32. The van der Waals surface area contributed by atoms with E-state index >= 15 is 0 Å². The number of fused-ring (bicyclic) bond motifs is 1. The Morgan fingerprint density at radius 1 is 1.05 bits per heavy atom. The second kappa shape index (κ2) is 12.5. The van der Waals surface area contributed by atoms with Crippen molar-refractivity contribution >= 4 is 17.4 Å². The van der Waals surface area contributed by atoms with Crippen molar-refractivity contribution in [3.63, 3.8) is 0 Å². The van der Waals surface area contributed by atoms with Crippen molar-refractivity contribution in [2.24, 2.45) is 5.10 Å². The molecule has 44 heavy (non-hydrogen) atoms. The summed E-state index contributed by atoms with van der Waals surface area (Å²) in [6, 6.07) is 16.2. The number of nitrogens with one attached hydrogen (secondary N) is 1. The van der Waals surface area contributed by atoms with Crippen LogP contribution in [0.2, 0.25) is 0 Å². The van der Waals surface area contributed by atoms with Gasteiger partial charge in [0.2, 0.25) is 11.7 Å². The van der Waals surface area contributed by atoms with Gasteiger partial charge in [0.25, 0.3) is 5.56 Å². The van der Waals surface area contributed by atoms with Crippen molar-refractivity contribution < 1.29 is 14.6 Å². The average Bonchev–Trinajstić information content (AvgIpc) is 3.68. The fourth-order valence-corrected chi connectivity index (χ4v) is 6.40. The Bertz CT molecular complexity index is 1740. The minimum atomic E-state index is -0.874. The molecule has 230 valence electrons. The van der Waals surface area contributed by atoms with Crippen LogP contribution in [-0.2, 0) is 22.4 Å².